The lowest BCUT2D eigenvalue weighted by molar-refractivity contribution is -0.123. The van der Waals surface area contributed by atoms with E-state index >= 15 is 0 Å². The smallest absolute Gasteiger partial charge is 0.297 e. The second kappa shape index (κ2) is 6.43. The van der Waals surface area contributed by atoms with E-state index in [4.69, 9.17) is 17.0 Å². The van der Waals surface area contributed by atoms with Crippen LogP contribution in [0.25, 0.3) is 0 Å². The zero-order valence-corrected chi connectivity index (χ0v) is 12.9. The molecule has 2 saturated heterocycles. The molecule has 0 aromatic heterocycles. The summed E-state index contributed by atoms with van der Waals surface area (Å²) in [4.78, 5) is 15.8. The fourth-order valence-electron chi connectivity index (χ4n) is 1.85. The summed E-state index contributed by atoms with van der Waals surface area (Å²) in [6, 6.07) is 0. The average molecular weight is 298 g/mol. The summed E-state index contributed by atoms with van der Waals surface area (Å²) in [5.41, 5.74) is 0. The quantitative estimate of drug-likeness (QED) is 0.587. The van der Waals surface area contributed by atoms with Crippen molar-refractivity contribution in [1.29, 1.82) is 0 Å². The monoisotopic (exact) mass is 298 g/mol. The van der Waals surface area contributed by atoms with Crippen LogP contribution in [0.2, 0.25) is 0 Å². The molecule has 0 aliphatic carbocycles. The highest BCUT2D eigenvalue weighted by Gasteiger charge is 2.32. The van der Waals surface area contributed by atoms with Gasteiger partial charge in [-0.15, -0.1) is 11.8 Å². The molecule has 2 fully saturated rings. The van der Waals surface area contributed by atoms with Crippen LogP contribution in [-0.4, -0.2) is 46.8 Å². The lowest BCUT2D eigenvalue weighted by Gasteiger charge is -2.10. The SMILES string of the molecule is CCCCN1C(=O)/C(=C/C=C2/SCCN2C)OC1=S. The standard InChI is InChI=1S/C13H18N2O2S2/c1-3-4-7-15-12(16)10(17-13(15)18)5-6-11-14(2)8-9-19-11/h5-6H,3-4,7-9H2,1-2H3/b10-5-,11-6+. The Labute approximate surface area is 123 Å². The number of hydrogen-bond acceptors (Lipinski definition) is 5. The van der Waals surface area contributed by atoms with Crippen LogP contribution in [0.3, 0.4) is 0 Å². The highest BCUT2D eigenvalue weighted by molar-refractivity contribution is 8.03. The summed E-state index contributed by atoms with van der Waals surface area (Å²) in [6.07, 6.45) is 5.61. The van der Waals surface area contributed by atoms with Crippen LogP contribution in [0, 0.1) is 0 Å². The van der Waals surface area contributed by atoms with Crippen molar-refractivity contribution in [3.8, 4) is 0 Å². The topological polar surface area (TPSA) is 32.8 Å². The largest absolute Gasteiger partial charge is 0.426 e. The van der Waals surface area contributed by atoms with Crippen molar-refractivity contribution in [2.45, 2.75) is 19.8 Å². The van der Waals surface area contributed by atoms with Crippen LogP contribution < -0.4 is 0 Å². The van der Waals surface area contributed by atoms with Gasteiger partial charge in [-0.2, -0.15) is 0 Å². The molecular formula is C13H18N2O2S2. The minimum absolute atomic E-state index is 0.124. The van der Waals surface area contributed by atoms with E-state index in [-0.39, 0.29) is 11.1 Å². The molecule has 0 saturated carbocycles. The van der Waals surface area contributed by atoms with Crippen LogP contribution in [-0.2, 0) is 9.53 Å². The van der Waals surface area contributed by atoms with Gasteiger partial charge in [-0.05, 0) is 30.8 Å². The normalized spacial score (nSPS) is 23.9. The Morgan fingerprint density at radius 1 is 1.47 bits per heavy atom. The Morgan fingerprint density at radius 2 is 2.26 bits per heavy atom. The van der Waals surface area contributed by atoms with E-state index in [1.165, 1.54) is 4.90 Å². The van der Waals surface area contributed by atoms with Crippen molar-refractivity contribution in [2.24, 2.45) is 0 Å². The lowest BCUT2D eigenvalue weighted by atomic mass is 10.3. The maximum absolute atomic E-state index is 12.1. The van der Waals surface area contributed by atoms with Crippen molar-refractivity contribution >= 4 is 35.1 Å². The summed E-state index contributed by atoms with van der Waals surface area (Å²) in [7, 11) is 2.04. The first-order valence-electron chi connectivity index (χ1n) is 6.43. The zero-order valence-electron chi connectivity index (χ0n) is 11.2. The van der Waals surface area contributed by atoms with E-state index in [1.54, 1.807) is 17.8 Å². The second-order valence-electron chi connectivity index (χ2n) is 4.48. The molecule has 4 nitrogen and oxygen atoms in total. The zero-order chi connectivity index (χ0) is 13.8. The number of allylic oxidation sites excluding steroid dienone is 2. The van der Waals surface area contributed by atoms with Gasteiger partial charge in [0, 0.05) is 25.9 Å². The molecule has 0 atom stereocenters. The van der Waals surface area contributed by atoms with Gasteiger partial charge in [0.05, 0.1) is 5.03 Å². The summed E-state index contributed by atoms with van der Waals surface area (Å²) in [6.45, 7) is 3.75. The van der Waals surface area contributed by atoms with Gasteiger partial charge in [0.25, 0.3) is 11.1 Å². The molecule has 0 aromatic rings. The number of nitrogens with zero attached hydrogens (tertiary/aromatic N) is 2. The van der Waals surface area contributed by atoms with E-state index in [0.29, 0.717) is 12.3 Å². The van der Waals surface area contributed by atoms with Crippen molar-refractivity contribution in [1.82, 2.24) is 9.80 Å². The Kier molecular flexibility index (Phi) is 4.87. The molecule has 0 radical (unpaired) electrons. The molecule has 0 spiro atoms. The molecule has 2 heterocycles. The van der Waals surface area contributed by atoms with Crippen LogP contribution in [0.5, 0.6) is 0 Å². The van der Waals surface area contributed by atoms with Crippen molar-refractivity contribution in [2.75, 3.05) is 25.9 Å². The maximum Gasteiger partial charge on any atom is 0.297 e. The van der Waals surface area contributed by atoms with Crippen molar-refractivity contribution in [3.05, 3.63) is 22.9 Å². The molecule has 19 heavy (non-hydrogen) atoms. The van der Waals surface area contributed by atoms with E-state index in [9.17, 15) is 4.79 Å². The first kappa shape index (κ1) is 14.4. The number of thioether (sulfide) groups is 1. The number of unbranched alkanes of at least 4 members (excludes halogenated alkanes) is 1. The molecule has 2 aliphatic rings. The van der Waals surface area contributed by atoms with Crippen LogP contribution in [0.1, 0.15) is 19.8 Å². The van der Waals surface area contributed by atoms with Gasteiger partial charge in [0.1, 0.15) is 0 Å². The molecule has 2 aliphatic heterocycles. The van der Waals surface area contributed by atoms with Gasteiger partial charge in [-0.3, -0.25) is 9.69 Å². The Balaban J connectivity index is 2.05. The molecule has 6 heteroatoms. The van der Waals surface area contributed by atoms with Crippen LogP contribution in [0.4, 0.5) is 0 Å². The first-order valence-corrected chi connectivity index (χ1v) is 7.82. The minimum Gasteiger partial charge on any atom is -0.426 e. The van der Waals surface area contributed by atoms with Crippen molar-refractivity contribution < 1.29 is 9.53 Å². The molecular weight excluding hydrogens is 280 g/mol. The van der Waals surface area contributed by atoms with Gasteiger partial charge in [0.2, 0.25) is 0 Å². The maximum atomic E-state index is 12.1. The van der Waals surface area contributed by atoms with E-state index in [0.717, 1.165) is 30.2 Å². The predicted octanol–water partition coefficient (Wildman–Crippen LogP) is 2.33. The van der Waals surface area contributed by atoms with Gasteiger partial charge in [-0.1, -0.05) is 13.3 Å². The number of ether oxygens (including phenoxy) is 1. The fourth-order valence-corrected chi connectivity index (χ4v) is 3.17. The third kappa shape index (κ3) is 3.30. The summed E-state index contributed by atoms with van der Waals surface area (Å²) in [5, 5.41) is 1.43. The number of thiocarbonyl (C=S) groups is 1. The summed E-state index contributed by atoms with van der Waals surface area (Å²) in [5.74, 6) is 1.29. The van der Waals surface area contributed by atoms with Gasteiger partial charge < -0.3 is 9.64 Å². The molecule has 0 unspecified atom stereocenters. The summed E-state index contributed by atoms with van der Waals surface area (Å²) >= 11 is 6.87. The molecule has 1 amide bonds. The van der Waals surface area contributed by atoms with Gasteiger partial charge >= 0.3 is 0 Å². The average Bonchev–Trinajstić information content (AvgIpc) is 2.90. The minimum atomic E-state index is -0.124. The van der Waals surface area contributed by atoms with E-state index in [1.807, 2.05) is 13.1 Å². The van der Waals surface area contributed by atoms with Crippen LogP contribution >= 0.6 is 24.0 Å². The fraction of sp³-hybridized carbons (Fsp3) is 0.538. The second-order valence-corrected chi connectivity index (χ2v) is 5.95. The lowest BCUT2D eigenvalue weighted by Crippen LogP contribution is -2.29. The first-order chi connectivity index (χ1) is 9.13. The molecule has 104 valence electrons. The molecule has 0 aromatic carbocycles. The Morgan fingerprint density at radius 3 is 2.89 bits per heavy atom. The van der Waals surface area contributed by atoms with Gasteiger partial charge in [0.15, 0.2) is 5.76 Å². The third-order valence-corrected chi connectivity index (χ3v) is 4.47. The molecule has 0 N–H and O–H groups in total. The van der Waals surface area contributed by atoms with Gasteiger partial charge in [-0.25, -0.2) is 0 Å². The third-order valence-electron chi connectivity index (χ3n) is 3.04. The number of rotatable bonds is 4. The number of carbonyl (C=O) groups excluding carboxylic acids is 1. The Bertz CT molecular complexity index is 446. The van der Waals surface area contributed by atoms with Crippen molar-refractivity contribution in [3.63, 3.8) is 0 Å². The highest BCUT2D eigenvalue weighted by atomic mass is 32.2. The summed E-state index contributed by atoms with van der Waals surface area (Å²) < 4.78 is 5.37. The molecule has 2 rings (SSSR count). The molecule has 0 bridgehead atoms. The number of hydrogen-bond donors (Lipinski definition) is 0. The Hall–Kier alpha value is -1.01. The number of carbonyl (C=O) groups is 1. The van der Waals surface area contributed by atoms with E-state index in [2.05, 4.69) is 11.8 Å². The van der Waals surface area contributed by atoms with Crippen LogP contribution in [0.15, 0.2) is 22.9 Å². The predicted molar refractivity (Wildman–Crippen MR) is 81.6 cm³/mol. The van der Waals surface area contributed by atoms with E-state index < -0.39 is 0 Å². The highest BCUT2D eigenvalue weighted by Crippen LogP contribution is 2.26. The number of amides is 1.